The average molecular weight is 511 g/mol. The predicted octanol–water partition coefficient (Wildman–Crippen LogP) is 4.34. The molecule has 4 aromatic rings. The average Bonchev–Trinajstić information content (AvgIpc) is 2.81. The highest BCUT2D eigenvalue weighted by molar-refractivity contribution is 6.35. The summed E-state index contributed by atoms with van der Waals surface area (Å²) in [5.74, 6) is -2.12. The molecule has 9 nitrogen and oxygen atoms in total. The van der Waals surface area contributed by atoms with Crippen LogP contribution in [0.15, 0.2) is 41.2 Å². The Bertz CT molecular complexity index is 1560. The Hall–Kier alpha value is -4.30. The molecule has 2 atom stereocenters. The molecule has 0 spiro atoms. The number of nitrogens with two attached hydrogens (primary N) is 2. The molecule has 0 aliphatic heterocycles. The van der Waals surface area contributed by atoms with Crippen molar-refractivity contribution in [3.63, 3.8) is 0 Å². The smallest absolute Gasteiger partial charge is 0.267 e. The fourth-order valence-corrected chi connectivity index (χ4v) is 4.14. The summed E-state index contributed by atoms with van der Waals surface area (Å²) in [6, 6.07) is 8.68. The third-order valence-electron chi connectivity index (χ3n) is 5.83. The van der Waals surface area contributed by atoms with E-state index < -0.39 is 23.2 Å². The fourth-order valence-electron chi connectivity index (χ4n) is 3.89. The minimum absolute atomic E-state index is 0.0326. The minimum Gasteiger partial charge on any atom is -0.382 e. The molecule has 0 fully saturated rings. The van der Waals surface area contributed by atoms with Crippen molar-refractivity contribution in [2.24, 2.45) is 5.92 Å². The van der Waals surface area contributed by atoms with E-state index in [1.807, 2.05) is 19.9 Å². The van der Waals surface area contributed by atoms with Crippen LogP contribution in [0.25, 0.3) is 16.6 Å². The van der Waals surface area contributed by atoms with Gasteiger partial charge in [0.05, 0.1) is 27.7 Å². The molecule has 2 aromatic heterocycles. The van der Waals surface area contributed by atoms with Crippen molar-refractivity contribution in [3.8, 4) is 11.8 Å². The van der Waals surface area contributed by atoms with Crippen molar-refractivity contribution in [2.45, 2.75) is 26.3 Å². The molecular formula is C24H21ClF2N8O. The molecule has 2 heterocycles. The van der Waals surface area contributed by atoms with Crippen molar-refractivity contribution >= 4 is 40.1 Å². The second kappa shape index (κ2) is 9.75. The van der Waals surface area contributed by atoms with E-state index in [4.69, 9.17) is 23.1 Å². The van der Waals surface area contributed by atoms with Crippen LogP contribution in [0, 0.1) is 28.9 Å². The molecule has 2 aromatic carbocycles. The van der Waals surface area contributed by atoms with Crippen LogP contribution in [0.2, 0.25) is 5.02 Å². The Labute approximate surface area is 209 Å². The van der Waals surface area contributed by atoms with Gasteiger partial charge in [-0.25, -0.2) is 13.8 Å². The summed E-state index contributed by atoms with van der Waals surface area (Å²) in [5, 5.41) is 13.0. The number of rotatable bonds is 6. The maximum atomic E-state index is 14.2. The minimum atomic E-state index is -0.877. The van der Waals surface area contributed by atoms with Crippen LogP contribution in [-0.4, -0.2) is 19.5 Å². The van der Waals surface area contributed by atoms with Crippen LogP contribution in [0.4, 0.5) is 26.4 Å². The first-order chi connectivity index (χ1) is 17.1. The number of benzene rings is 2. The first kappa shape index (κ1) is 24.8. The Morgan fingerprint density at radius 1 is 1.17 bits per heavy atom. The van der Waals surface area contributed by atoms with Crippen LogP contribution in [0.1, 0.15) is 37.7 Å². The number of nitrogens with zero attached hydrogens (tertiary/aromatic N) is 5. The van der Waals surface area contributed by atoms with Gasteiger partial charge in [0.25, 0.3) is 5.56 Å². The summed E-state index contributed by atoms with van der Waals surface area (Å²) in [6.45, 7) is 3.79. The lowest BCUT2D eigenvalue weighted by atomic mass is 9.97. The van der Waals surface area contributed by atoms with Gasteiger partial charge in [-0.1, -0.05) is 37.9 Å². The van der Waals surface area contributed by atoms with Gasteiger partial charge >= 0.3 is 0 Å². The molecule has 0 aliphatic rings. The number of nitrogens with one attached hydrogen (secondary N) is 1. The molecule has 0 aliphatic carbocycles. The summed E-state index contributed by atoms with van der Waals surface area (Å²) < 4.78 is 29.6. The monoisotopic (exact) mass is 510 g/mol. The summed E-state index contributed by atoms with van der Waals surface area (Å²) >= 11 is 6.31. The zero-order valence-electron chi connectivity index (χ0n) is 19.3. The van der Waals surface area contributed by atoms with Gasteiger partial charge < -0.3 is 16.8 Å². The van der Waals surface area contributed by atoms with E-state index >= 15 is 0 Å². The third-order valence-corrected chi connectivity index (χ3v) is 6.14. The number of nitriles is 1. The Morgan fingerprint density at radius 2 is 1.86 bits per heavy atom. The molecule has 0 saturated heterocycles. The van der Waals surface area contributed by atoms with E-state index in [9.17, 15) is 18.8 Å². The number of aromatic nitrogens is 4. The molecule has 36 heavy (non-hydrogen) atoms. The number of anilines is 3. The van der Waals surface area contributed by atoms with Crippen LogP contribution in [0.5, 0.6) is 0 Å². The molecule has 4 rings (SSSR count). The molecule has 0 saturated carbocycles. The van der Waals surface area contributed by atoms with Crippen molar-refractivity contribution in [2.75, 3.05) is 16.8 Å². The maximum absolute atomic E-state index is 14.2. The van der Waals surface area contributed by atoms with Crippen molar-refractivity contribution in [1.29, 1.82) is 5.26 Å². The van der Waals surface area contributed by atoms with Gasteiger partial charge in [-0.2, -0.15) is 15.2 Å². The Morgan fingerprint density at radius 3 is 2.50 bits per heavy atom. The van der Waals surface area contributed by atoms with Crippen LogP contribution < -0.4 is 22.3 Å². The summed E-state index contributed by atoms with van der Waals surface area (Å²) in [7, 11) is 0. The van der Waals surface area contributed by atoms with Crippen LogP contribution in [-0.2, 0) is 0 Å². The largest absolute Gasteiger partial charge is 0.382 e. The molecule has 0 unspecified atom stereocenters. The van der Waals surface area contributed by atoms with E-state index in [-0.39, 0.29) is 56.5 Å². The summed E-state index contributed by atoms with van der Waals surface area (Å²) in [5.41, 5.74) is 11.1. The zero-order chi connectivity index (χ0) is 26.1. The first-order valence-corrected chi connectivity index (χ1v) is 11.3. The van der Waals surface area contributed by atoms with Crippen molar-refractivity contribution in [1.82, 2.24) is 19.5 Å². The number of hydrogen-bond donors (Lipinski definition) is 3. The lowest BCUT2D eigenvalue weighted by Crippen LogP contribution is -2.31. The second-order valence-electron chi connectivity index (χ2n) is 8.18. The van der Waals surface area contributed by atoms with Crippen molar-refractivity contribution < 1.29 is 8.78 Å². The van der Waals surface area contributed by atoms with Gasteiger partial charge in [0.2, 0.25) is 5.95 Å². The Balaban J connectivity index is 2.06. The lowest BCUT2D eigenvalue weighted by Gasteiger charge is -2.28. The molecule has 0 radical (unpaired) electrons. The number of nitrogen functional groups attached to an aromatic ring is 2. The highest BCUT2D eigenvalue weighted by Crippen LogP contribution is 2.32. The van der Waals surface area contributed by atoms with E-state index in [2.05, 4.69) is 20.3 Å². The fraction of sp³-hybridized carbons (Fsp3) is 0.208. The molecule has 184 valence electrons. The predicted molar refractivity (Wildman–Crippen MR) is 134 cm³/mol. The Kier molecular flexibility index (Phi) is 6.72. The lowest BCUT2D eigenvalue weighted by molar-refractivity contribution is 0.455. The standard InChI is InChI=1S/C24H21ClF2N8O/c1-3-11(2)19(32-21-15(10-28)20(29)33-24(30)34-21)22-31-17-6-4-5-16(25)18(17)23(36)35(22)14-8-12(26)7-13(27)9-14/h4-9,11,19H,3H2,1-2H3,(H5,29,30,32,33,34)/t11-,19-/m1/s1. The van der Waals surface area contributed by atoms with Gasteiger partial charge in [-0.15, -0.1) is 0 Å². The van der Waals surface area contributed by atoms with Crippen molar-refractivity contribution in [3.05, 3.63) is 74.8 Å². The number of halogens is 3. The summed E-state index contributed by atoms with van der Waals surface area (Å²) in [6.07, 6.45) is 0.594. The normalized spacial score (nSPS) is 12.8. The van der Waals surface area contributed by atoms with Gasteiger partial charge in [-0.3, -0.25) is 9.36 Å². The quantitative estimate of drug-likeness (QED) is 0.347. The van der Waals surface area contributed by atoms with E-state index in [1.165, 1.54) is 6.07 Å². The van der Waals surface area contributed by atoms with Gasteiger partial charge in [0, 0.05) is 6.07 Å². The molecule has 5 N–H and O–H groups in total. The van der Waals surface area contributed by atoms with Gasteiger partial charge in [0.15, 0.2) is 5.82 Å². The first-order valence-electron chi connectivity index (χ1n) is 10.9. The van der Waals surface area contributed by atoms with Gasteiger partial charge in [0.1, 0.15) is 34.9 Å². The third kappa shape index (κ3) is 4.50. The second-order valence-corrected chi connectivity index (χ2v) is 8.59. The zero-order valence-corrected chi connectivity index (χ0v) is 20.0. The van der Waals surface area contributed by atoms with Crippen LogP contribution in [0.3, 0.4) is 0 Å². The van der Waals surface area contributed by atoms with E-state index in [0.29, 0.717) is 12.5 Å². The molecule has 0 bridgehead atoms. The highest BCUT2D eigenvalue weighted by atomic mass is 35.5. The molecular weight excluding hydrogens is 490 g/mol. The topological polar surface area (TPSA) is 149 Å². The molecule has 12 heteroatoms. The van der Waals surface area contributed by atoms with Crippen LogP contribution >= 0.6 is 11.6 Å². The SMILES string of the molecule is CC[C@@H](C)[C@@H](Nc1nc(N)nc(N)c1C#N)c1nc2cccc(Cl)c2c(=O)n1-c1cc(F)cc(F)c1. The van der Waals surface area contributed by atoms with E-state index in [1.54, 1.807) is 12.1 Å². The van der Waals surface area contributed by atoms with E-state index in [0.717, 1.165) is 16.7 Å². The maximum Gasteiger partial charge on any atom is 0.267 e. The van der Waals surface area contributed by atoms with Gasteiger partial charge in [-0.05, 0) is 30.2 Å². The number of hydrogen-bond acceptors (Lipinski definition) is 8. The molecule has 0 amide bonds. The number of fused-ring (bicyclic) bond motifs is 1. The highest BCUT2D eigenvalue weighted by Gasteiger charge is 2.28. The summed E-state index contributed by atoms with van der Waals surface area (Å²) in [4.78, 5) is 26.3.